The molecule has 0 aliphatic heterocycles. The molecule has 0 aromatic rings. The second-order valence-electron chi connectivity index (χ2n) is 5.71. The molecule has 0 aromatic heterocycles. The fourth-order valence-corrected chi connectivity index (χ4v) is 1.96. The average Bonchev–Trinajstić information content (AvgIpc) is 2.34. The van der Waals surface area contributed by atoms with Gasteiger partial charge in [-0.2, -0.15) is 0 Å². The normalized spacial score (nSPS) is 12.2. The van der Waals surface area contributed by atoms with Crippen molar-refractivity contribution in [2.24, 2.45) is 5.92 Å². The maximum atomic E-state index is 2.37. The Kier molecular flexibility index (Phi) is 14.1. The van der Waals surface area contributed by atoms with Crippen LogP contribution in [0.4, 0.5) is 0 Å². The van der Waals surface area contributed by atoms with Crippen LogP contribution in [0.1, 0.15) is 85.0 Å². The third-order valence-electron chi connectivity index (χ3n) is 3.17. The van der Waals surface area contributed by atoms with E-state index in [0.29, 0.717) is 0 Å². The quantitative estimate of drug-likeness (QED) is 0.268. The van der Waals surface area contributed by atoms with Crippen molar-refractivity contribution in [2.45, 2.75) is 85.0 Å². The lowest BCUT2D eigenvalue weighted by atomic mass is 10.1. The molecular formula is C18H34. The van der Waals surface area contributed by atoms with E-state index in [9.17, 15) is 0 Å². The molecule has 0 heteroatoms. The largest absolute Gasteiger partial charge is 0.0885 e. The predicted molar refractivity (Wildman–Crippen MR) is 85.0 cm³/mol. The van der Waals surface area contributed by atoms with Crippen LogP contribution in [0.2, 0.25) is 0 Å². The van der Waals surface area contributed by atoms with Gasteiger partial charge in [0.05, 0.1) is 0 Å². The minimum absolute atomic E-state index is 0.796. The van der Waals surface area contributed by atoms with Crippen LogP contribution in [0.15, 0.2) is 24.3 Å². The van der Waals surface area contributed by atoms with Crippen LogP contribution in [0, 0.1) is 5.92 Å². The summed E-state index contributed by atoms with van der Waals surface area (Å²) in [6, 6.07) is 0. The Morgan fingerprint density at radius 1 is 0.667 bits per heavy atom. The minimum atomic E-state index is 0.796. The molecule has 0 aliphatic carbocycles. The Labute approximate surface area is 116 Å². The molecule has 0 fully saturated rings. The number of hydrogen-bond donors (Lipinski definition) is 0. The van der Waals surface area contributed by atoms with Gasteiger partial charge in [-0.3, -0.25) is 0 Å². The Morgan fingerprint density at radius 2 is 1.22 bits per heavy atom. The van der Waals surface area contributed by atoms with E-state index < -0.39 is 0 Å². The monoisotopic (exact) mass is 250 g/mol. The van der Waals surface area contributed by atoms with Gasteiger partial charge in [-0.15, -0.1) is 0 Å². The first-order chi connectivity index (χ1) is 8.77. The van der Waals surface area contributed by atoms with E-state index in [4.69, 9.17) is 0 Å². The highest BCUT2D eigenvalue weighted by molar-refractivity contribution is 4.88. The standard InChI is InChI=1S/C18H34/c1-4-5-6-7-8-9-10-11-12-13-14-15-16-17-18(2)3/h11-12,15-16,18H,4-10,13-14,17H2,1-3H3/b12-11+,16-15+. The van der Waals surface area contributed by atoms with Crippen molar-refractivity contribution in [3.8, 4) is 0 Å². The summed E-state index contributed by atoms with van der Waals surface area (Å²) in [4.78, 5) is 0. The molecule has 0 amide bonds. The molecule has 0 saturated carbocycles. The SMILES string of the molecule is CCCCCCCC/C=C/CC/C=C/CC(C)C. The van der Waals surface area contributed by atoms with Crippen LogP contribution in [0.25, 0.3) is 0 Å². The summed E-state index contributed by atoms with van der Waals surface area (Å²) in [5, 5.41) is 0. The van der Waals surface area contributed by atoms with Gasteiger partial charge in [0, 0.05) is 0 Å². The summed E-state index contributed by atoms with van der Waals surface area (Å²) in [5.74, 6) is 0.796. The van der Waals surface area contributed by atoms with Crippen molar-refractivity contribution >= 4 is 0 Å². The summed E-state index contributed by atoms with van der Waals surface area (Å²) < 4.78 is 0. The van der Waals surface area contributed by atoms with Crippen molar-refractivity contribution in [3.63, 3.8) is 0 Å². The number of unbranched alkanes of at least 4 members (excludes halogenated alkanes) is 7. The fraction of sp³-hybridized carbons (Fsp3) is 0.778. The van der Waals surface area contributed by atoms with Gasteiger partial charge >= 0.3 is 0 Å². The molecule has 0 aliphatic rings. The molecule has 0 saturated heterocycles. The highest BCUT2D eigenvalue weighted by Crippen LogP contribution is 2.07. The zero-order chi connectivity index (χ0) is 13.5. The number of allylic oxidation sites excluding steroid dienone is 4. The molecule has 0 unspecified atom stereocenters. The topological polar surface area (TPSA) is 0 Å². The van der Waals surface area contributed by atoms with Crippen LogP contribution in [-0.2, 0) is 0 Å². The zero-order valence-electron chi connectivity index (χ0n) is 13.0. The van der Waals surface area contributed by atoms with Crippen LogP contribution < -0.4 is 0 Å². The number of hydrogen-bond acceptors (Lipinski definition) is 0. The van der Waals surface area contributed by atoms with Gasteiger partial charge in [0.15, 0.2) is 0 Å². The molecule has 0 bridgehead atoms. The second-order valence-corrected chi connectivity index (χ2v) is 5.71. The zero-order valence-corrected chi connectivity index (χ0v) is 13.0. The van der Waals surface area contributed by atoms with E-state index in [1.165, 1.54) is 64.2 Å². The number of rotatable bonds is 12. The molecule has 106 valence electrons. The molecule has 0 heterocycles. The molecule has 18 heavy (non-hydrogen) atoms. The first-order valence-corrected chi connectivity index (χ1v) is 8.07. The van der Waals surface area contributed by atoms with Crippen molar-refractivity contribution in [2.75, 3.05) is 0 Å². The average molecular weight is 250 g/mol. The highest BCUT2D eigenvalue weighted by Gasteiger charge is 1.88. The molecule has 0 radical (unpaired) electrons. The molecule has 0 rings (SSSR count). The lowest BCUT2D eigenvalue weighted by Crippen LogP contribution is -1.80. The van der Waals surface area contributed by atoms with Crippen molar-refractivity contribution in [3.05, 3.63) is 24.3 Å². The predicted octanol–water partition coefficient (Wildman–Crippen LogP) is 6.68. The maximum absolute atomic E-state index is 2.37. The Hall–Kier alpha value is -0.520. The van der Waals surface area contributed by atoms with E-state index in [2.05, 4.69) is 45.1 Å². The summed E-state index contributed by atoms with van der Waals surface area (Å²) >= 11 is 0. The maximum Gasteiger partial charge on any atom is -0.0316 e. The molecular weight excluding hydrogens is 216 g/mol. The van der Waals surface area contributed by atoms with Crippen LogP contribution in [0.5, 0.6) is 0 Å². The van der Waals surface area contributed by atoms with Gasteiger partial charge in [0.2, 0.25) is 0 Å². The molecule has 0 nitrogen and oxygen atoms in total. The Morgan fingerprint density at radius 3 is 1.89 bits per heavy atom. The summed E-state index contributed by atoms with van der Waals surface area (Å²) in [6.45, 7) is 6.81. The molecule has 0 aromatic carbocycles. The van der Waals surface area contributed by atoms with Gasteiger partial charge in [-0.1, -0.05) is 77.2 Å². The van der Waals surface area contributed by atoms with Gasteiger partial charge in [0.25, 0.3) is 0 Å². The van der Waals surface area contributed by atoms with Crippen molar-refractivity contribution in [1.82, 2.24) is 0 Å². The summed E-state index contributed by atoms with van der Waals surface area (Å²) in [6.07, 6.45) is 22.7. The highest BCUT2D eigenvalue weighted by atomic mass is 13.9. The lowest BCUT2D eigenvalue weighted by Gasteiger charge is -1.97. The van der Waals surface area contributed by atoms with E-state index in [0.717, 1.165) is 5.92 Å². The van der Waals surface area contributed by atoms with Gasteiger partial charge in [-0.05, 0) is 38.0 Å². The lowest BCUT2D eigenvalue weighted by molar-refractivity contribution is 0.611. The van der Waals surface area contributed by atoms with Gasteiger partial charge < -0.3 is 0 Å². The first-order valence-electron chi connectivity index (χ1n) is 8.07. The van der Waals surface area contributed by atoms with E-state index in [-0.39, 0.29) is 0 Å². The Balaban J connectivity index is 3.16. The Bertz CT molecular complexity index is 198. The van der Waals surface area contributed by atoms with E-state index in [1.54, 1.807) is 0 Å². The molecule has 0 atom stereocenters. The second kappa shape index (κ2) is 14.5. The van der Waals surface area contributed by atoms with Crippen molar-refractivity contribution < 1.29 is 0 Å². The van der Waals surface area contributed by atoms with Gasteiger partial charge in [0.1, 0.15) is 0 Å². The minimum Gasteiger partial charge on any atom is -0.0885 e. The molecule has 0 N–H and O–H groups in total. The third kappa shape index (κ3) is 15.5. The fourth-order valence-electron chi connectivity index (χ4n) is 1.96. The summed E-state index contributed by atoms with van der Waals surface area (Å²) in [7, 11) is 0. The molecule has 0 spiro atoms. The van der Waals surface area contributed by atoms with Crippen LogP contribution in [-0.4, -0.2) is 0 Å². The van der Waals surface area contributed by atoms with E-state index in [1.807, 2.05) is 0 Å². The van der Waals surface area contributed by atoms with Crippen LogP contribution >= 0.6 is 0 Å². The smallest absolute Gasteiger partial charge is 0.0316 e. The van der Waals surface area contributed by atoms with E-state index >= 15 is 0 Å². The van der Waals surface area contributed by atoms with Gasteiger partial charge in [-0.25, -0.2) is 0 Å². The van der Waals surface area contributed by atoms with Crippen molar-refractivity contribution in [1.29, 1.82) is 0 Å². The van der Waals surface area contributed by atoms with Crippen LogP contribution in [0.3, 0.4) is 0 Å². The first kappa shape index (κ1) is 17.5. The third-order valence-corrected chi connectivity index (χ3v) is 3.17. The summed E-state index contributed by atoms with van der Waals surface area (Å²) in [5.41, 5.74) is 0.